The smallest absolute Gasteiger partial charge is 0.306 e. The highest BCUT2D eigenvalue weighted by Crippen LogP contribution is 2.16. The summed E-state index contributed by atoms with van der Waals surface area (Å²) < 4.78 is 4.83. The fourth-order valence-corrected chi connectivity index (χ4v) is 2.01. The zero-order valence-electron chi connectivity index (χ0n) is 7.97. The van der Waals surface area contributed by atoms with E-state index in [1.54, 1.807) is 0 Å². The van der Waals surface area contributed by atoms with Crippen molar-refractivity contribution in [2.45, 2.75) is 38.4 Å². The van der Waals surface area contributed by atoms with Gasteiger partial charge in [0.25, 0.3) is 0 Å². The van der Waals surface area contributed by atoms with E-state index in [0.29, 0.717) is 18.9 Å². The zero-order chi connectivity index (χ0) is 9.56. The van der Waals surface area contributed by atoms with Gasteiger partial charge in [-0.25, -0.2) is 0 Å². The van der Waals surface area contributed by atoms with Crippen LogP contribution in [0.25, 0.3) is 0 Å². The maximum atomic E-state index is 11.0. The molecule has 3 heteroatoms. The van der Waals surface area contributed by atoms with Crippen molar-refractivity contribution >= 4 is 21.9 Å². The van der Waals surface area contributed by atoms with Crippen LogP contribution in [0.5, 0.6) is 0 Å². The Labute approximate surface area is 82.8 Å². The predicted octanol–water partition coefficient (Wildman–Crippen LogP) is 2.75. The first-order valence-electron chi connectivity index (χ1n) is 4.36. The van der Waals surface area contributed by atoms with Crippen molar-refractivity contribution in [3.8, 4) is 0 Å². The molecule has 1 unspecified atom stereocenters. The first-order valence-corrected chi connectivity index (χ1v) is 5.27. The average Bonchev–Trinajstić information content (AvgIpc) is 1.84. The molecule has 72 valence electrons. The van der Waals surface area contributed by atoms with Crippen LogP contribution < -0.4 is 0 Å². The summed E-state index contributed by atoms with van der Waals surface area (Å²) in [6.45, 7) is 6.57. The molecule has 0 aromatic heterocycles. The van der Waals surface area contributed by atoms with Crippen molar-refractivity contribution in [2.24, 2.45) is 5.92 Å². The third-order valence-corrected chi connectivity index (χ3v) is 2.12. The van der Waals surface area contributed by atoms with Gasteiger partial charge in [-0.2, -0.15) is 0 Å². The van der Waals surface area contributed by atoms with Gasteiger partial charge in [0.2, 0.25) is 0 Å². The van der Waals surface area contributed by atoms with Gasteiger partial charge in [-0.05, 0) is 19.3 Å². The van der Waals surface area contributed by atoms with Crippen molar-refractivity contribution in [1.29, 1.82) is 0 Å². The minimum absolute atomic E-state index is 0.111. The van der Waals surface area contributed by atoms with Crippen LogP contribution in [0.4, 0.5) is 0 Å². The second-order valence-corrected chi connectivity index (χ2v) is 4.53. The maximum Gasteiger partial charge on any atom is 0.306 e. The Morgan fingerprint density at radius 2 is 2.08 bits per heavy atom. The summed E-state index contributed by atoms with van der Waals surface area (Å²) in [6, 6.07) is 0. The highest BCUT2D eigenvalue weighted by Gasteiger charge is 2.12. The van der Waals surface area contributed by atoms with Crippen LogP contribution in [0, 0.1) is 5.92 Å². The largest absolute Gasteiger partial charge is 0.466 e. The fourth-order valence-electron chi connectivity index (χ4n) is 0.996. The van der Waals surface area contributed by atoms with Gasteiger partial charge in [-0.3, -0.25) is 4.79 Å². The van der Waals surface area contributed by atoms with E-state index in [2.05, 4.69) is 29.8 Å². The minimum Gasteiger partial charge on any atom is -0.466 e. The van der Waals surface area contributed by atoms with Crippen LogP contribution in [0.15, 0.2) is 0 Å². The summed E-state index contributed by atoms with van der Waals surface area (Å²) in [5.74, 6) is 0.504. The molecule has 1 atom stereocenters. The number of carbonyl (C=O) groups is 1. The molecule has 2 nitrogen and oxygen atoms in total. The molecule has 0 bridgehead atoms. The number of hydrogen-bond donors (Lipinski definition) is 0. The molecule has 0 aromatic rings. The Morgan fingerprint density at radius 1 is 1.50 bits per heavy atom. The molecule has 0 aliphatic heterocycles. The number of ether oxygens (including phenoxy) is 1. The van der Waals surface area contributed by atoms with Gasteiger partial charge in [-0.1, -0.05) is 29.8 Å². The lowest BCUT2D eigenvalue weighted by molar-refractivity contribution is -0.143. The monoisotopic (exact) mass is 236 g/mol. The molecule has 12 heavy (non-hydrogen) atoms. The van der Waals surface area contributed by atoms with E-state index >= 15 is 0 Å². The summed E-state index contributed by atoms with van der Waals surface area (Å²) in [4.78, 5) is 11.2. The van der Waals surface area contributed by atoms with Gasteiger partial charge in [0.05, 0.1) is 13.0 Å². The van der Waals surface area contributed by atoms with Gasteiger partial charge in [0.15, 0.2) is 0 Å². The molecule has 0 saturated carbocycles. The van der Waals surface area contributed by atoms with Crippen LogP contribution >= 0.6 is 15.9 Å². The molecule has 0 spiro atoms. The van der Waals surface area contributed by atoms with Gasteiger partial charge >= 0.3 is 5.97 Å². The van der Waals surface area contributed by atoms with Crippen molar-refractivity contribution in [1.82, 2.24) is 0 Å². The van der Waals surface area contributed by atoms with E-state index < -0.39 is 0 Å². The Balaban J connectivity index is 3.54. The fraction of sp³-hybridized carbons (Fsp3) is 0.889. The Bertz CT molecular complexity index is 134. The Morgan fingerprint density at radius 3 is 2.50 bits per heavy atom. The summed E-state index contributed by atoms with van der Waals surface area (Å²) in [7, 11) is 0. The molecule has 0 radical (unpaired) electrons. The van der Waals surface area contributed by atoms with Crippen LogP contribution in [0.3, 0.4) is 0 Å². The molecule has 0 aliphatic carbocycles. The number of hydrogen-bond acceptors (Lipinski definition) is 2. The summed E-state index contributed by atoms with van der Waals surface area (Å²) in [5.41, 5.74) is 0. The molecule has 0 saturated heterocycles. The van der Waals surface area contributed by atoms with Crippen LogP contribution in [0.2, 0.25) is 0 Å². The molecule has 0 aromatic carbocycles. The van der Waals surface area contributed by atoms with Crippen molar-refractivity contribution in [2.75, 3.05) is 6.61 Å². The second-order valence-electron chi connectivity index (χ2n) is 3.24. The van der Waals surface area contributed by atoms with E-state index in [9.17, 15) is 4.79 Å². The second kappa shape index (κ2) is 6.46. The van der Waals surface area contributed by atoms with Gasteiger partial charge in [0, 0.05) is 4.83 Å². The average molecular weight is 237 g/mol. The summed E-state index contributed by atoms with van der Waals surface area (Å²) in [6.07, 6.45) is 1.49. The number of halogens is 1. The first kappa shape index (κ1) is 11.9. The Kier molecular flexibility index (Phi) is 6.44. The van der Waals surface area contributed by atoms with E-state index in [-0.39, 0.29) is 10.8 Å². The standard InChI is InChI=1S/C9H17BrO2/c1-4-12-9(11)6-8(10)5-7(2)3/h7-8H,4-6H2,1-3H3. The van der Waals surface area contributed by atoms with Crippen LogP contribution in [-0.2, 0) is 9.53 Å². The molecule has 0 fully saturated rings. The molecule has 0 aliphatic rings. The van der Waals surface area contributed by atoms with Crippen molar-refractivity contribution in [3.05, 3.63) is 0 Å². The number of esters is 1. The summed E-state index contributed by atoms with van der Waals surface area (Å²) >= 11 is 3.45. The van der Waals surface area contributed by atoms with Crippen LogP contribution in [-0.4, -0.2) is 17.4 Å². The topological polar surface area (TPSA) is 26.3 Å². The molecule has 0 rings (SSSR count). The number of rotatable bonds is 5. The zero-order valence-corrected chi connectivity index (χ0v) is 9.56. The van der Waals surface area contributed by atoms with E-state index in [4.69, 9.17) is 4.74 Å². The molecule has 0 N–H and O–H groups in total. The van der Waals surface area contributed by atoms with E-state index in [1.165, 1.54) is 0 Å². The van der Waals surface area contributed by atoms with Gasteiger partial charge in [-0.15, -0.1) is 0 Å². The van der Waals surface area contributed by atoms with E-state index in [0.717, 1.165) is 6.42 Å². The SMILES string of the molecule is CCOC(=O)CC(Br)CC(C)C. The van der Waals surface area contributed by atoms with Gasteiger partial charge < -0.3 is 4.74 Å². The minimum atomic E-state index is -0.111. The highest BCUT2D eigenvalue weighted by molar-refractivity contribution is 9.09. The van der Waals surface area contributed by atoms with E-state index in [1.807, 2.05) is 6.92 Å². The normalized spacial score (nSPS) is 13.1. The predicted molar refractivity (Wildman–Crippen MR) is 53.4 cm³/mol. The maximum absolute atomic E-state index is 11.0. The molecular weight excluding hydrogens is 220 g/mol. The molecule has 0 heterocycles. The number of carbonyl (C=O) groups excluding carboxylic acids is 1. The first-order chi connectivity index (χ1) is 5.56. The third-order valence-electron chi connectivity index (χ3n) is 1.42. The third kappa shape index (κ3) is 6.65. The molecular formula is C9H17BrO2. The quantitative estimate of drug-likeness (QED) is 0.542. The lowest BCUT2D eigenvalue weighted by Gasteiger charge is -2.10. The lowest BCUT2D eigenvalue weighted by atomic mass is 10.1. The van der Waals surface area contributed by atoms with Gasteiger partial charge in [0.1, 0.15) is 0 Å². The van der Waals surface area contributed by atoms with Crippen LogP contribution in [0.1, 0.15) is 33.6 Å². The highest BCUT2D eigenvalue weighted by atomic mass is 79.9. The summed E-state index contributed by atoms with van der Waals surface area (Å²) in [5, 5.41) is 0. The number of alkyl halides is 1. The Hall–Kier alpha value is -0.0500. The molecule has 0 amide bonds. The van der Waals surface area contributed by atoms with Crippen molar-refractivity contribution in [3.63, 3.8) is 0 Å². The van der Waals surface area contributed by atoms with Crippen molar-refractivity contribution < 1.29 is 9.53 Å². The lowest BCUT2D eigenvalue weighted by Crippen LogP contribution is -2.12.